The molecule has 2 aromatic carbocycles. The molecule has 1 saturated heterocycles. The lowest BCUT2D eigenvalue weighted by atomic mass is 10.1. The van der Waals surface area contributed by atoms with E-state index < -0.39 is 4.92 Å². The van der Waals surface area contributed by atoms with E-state index in [1.807, 2.05) is 6.92 Å². The molecule has 30 heavy (non-hydrogen) atoms. The van der Waals surface area contributed by atoms with Crippen molar-refractivity contribution in [2.45, 2.75) is 39.4 Å². The molecule has 0 bridgehead atoms. The Labute approximate surface area is 175 Å². The van der Waals surface area contributed by atoms with Crippen molar-refractivity contribution in [1.29, 1.82) is 0 Å². The standard InChI is InChI=1S/C22H26FN3O4/c1-15-12-25(16(2)11-24(15)13-18-7-9-19(23)10-8-18)22(27)14-30-21-6-4-5-20(17(21)3)26(28)29/h4-10,15-16H,11-14H2,1-3H3/t15-,16+/m1/s1. The number of ether oxygens (including phenoxy) is 1. The molecule has 0 aromatic heterocycles. The summed E-state index contributed by atoms with van der Waals surface area (Å²) in [5.41, 5.74) is 1.40. The monoisotopic (exact) mass is 415 g/mol. The van der Waals surface area contributed by atoms with E-state index in [1.165, 1.54) is 18.2 Å². The van der Waals surface area contributed by atoms with Crippen LogP contribution in [0.2, 0.25) is 0 Å². The maximum absolute atomic E-state index is 13.1. The third kappa shape index (κ3) is 4.94. The normalized spacial score (nSPS) is 19.5. The second kappa shape index (κ2) is 9.21. The van der Waals surface area contributed by atoms with Gasteiger partial charge in [-0.2, -0.15) is 0 Å². The van der Waals surface area contributed by atoms with E-state index in [0.29, 0.717) is 30.9 Å². The number of piperazine rings is 1. The highest BCUT2D eigenvalue weighted by atomic mass is 19.1. The first-order chi connectivity index (χ1) is 14.3. The Morgan fingerprint density at radius 1 is 1.17 bits per heavy atom. The fourth-order valence-electron chi connectivity index (χ4n) is 3.77. The van der Waals surface area contributed by atoms with Gasteiger partial charge in [0.1, 0.15) is 11.6 Å². The molecule has 160 valence electrons. The number of rotatable bonds is 6. The zero-order chi connectivity index (χ0) is 21.8. The Balaban J connectivity index is 1.59. The average Bonchev–Trinajstić information content (AvgIpc) is 2.71. The summed E-state index contributed by atoms with van der Waals surface area (Å²) in [6.45, 7) is 7.42. The molecule has 0 spiro atoms. The Bertz CT molecular complexity index is 919. The van der Waals surface area contributed by atoms with E-state index in [0.717, 1.165) is 5.56 Å². The molecule has 2 aromatic rings. The highest BCUT2D eigenvalue weighted by Gasteiger charge is 2.32. The molecule has 8 heteroatoms. The van der Waals surface area contributed by atoms with Crippen LogP contribution in [-0.2, 0) is 11.3 Å². The van der Waals surface area contributed by atoms with Crippen LogP contribution in [0.5, 0.6) is 5.75 Å². The maximum Gasteiger partial charge on any atom is 0.276 e. The summed E-state index contributed by atoms with van der Waals surface area (Å²) in [6, 6.07) is 11.2. The molecule has 1 aliphatic heterocycles. The quantitative estimate of drug-likeness (QED) is 0.533. The summed E-state index contributed by atoms with van der Waals surface area (Å²) >= 11 is 0. The smallest absolute Gasteiger partial charge is 0.276 e. The van der Waals surface area contributed by atoms with Crippen molar-refractivity contribution in [2.75, 3.05) is 19.7 Å². The van der Waals surface area contributed by atoms with Gasteiger partial charge < -0.3 is 9.64 Å². The minimum atomic E-state index is -0.464. The third-order valence-corrected chi connectivity index (χ3v) is 5.54. The van der Waals surface area contributed by atoms with E-state index in [2.05, 4.69) is 11.8 Å². The summed E-state index contributed by atoms with van der Waals surface area (Å²) in [5.74, 6) is -0.0653. The lowest BCUT2D eigenvalue weighted by Gasteiger charge is -2.44. The Morgan fingerprint density at radius 3 is 2.53 bits per heavy atom. The molecule has 2 atom stereocenters. The number of hydrogen-bond donors (Lipinski definition) is 0. The lowest BCUT2D eigenvalue weighted by Crippen LogP contribution is -2.58. The number of benzene rings is 2. The van der Waals surface area contributed by atoms with Crippen LogP contribution in [0.1, 0.15) is 25.0 Å². The van der Waals surface area contributed by atoms with Crippen molar-refractivity contribution in [2.24, 2.45) is 0 Å². The predicted octanol–water partition coefficient (Wildman–Crippen LogP) is 3.54. The van der Waals surface area contributed by atoms with E-state index in [-0.39, 0.29) is 36.1 Å². The first-order valence-electron chi connectivity index (χ1n) is 9.91. The Kier molecular flexibility index (Phi) is 6.66. The zero-order valence-corrected chi connectivity index (χ0v) is 17.4. The number of nitro groups is 1. The van der Waals surface area contributed by atoms with Gasteiger partial charge in [0, 0.05) is 37.8 Å². The topological polar surface area (TPSA) is 75.9 Å². The number of carbonyl (C=O) groups is 1. The van der Waals surface area contributed by atoms with E-state index >= 15 is 0 Å². The summed E-state index contributed by atoms with van der Waals surface area (Å²) in [6.07, 6.45) is 0. The van der Waals surface area contributed by atoms with E-state index in [4.69, 9.17) is 4.74 Å². The second-order valence-electron chi connectivity index (χ2n) is 7.75. The molecule has 0 N–H and O–H groups in total. The summed E-state index contributed by atoms with van der Waals surface area (Å²) < 4.78 is 18.7. The molecule has 1 heterocycles. The number of nitrogens with zero attached hydrogens (tertiary/aromatic N) is 3. The summed E-state index contributed by atoms with van der Waals surface area (Å²) in [4.78, 5) is 27.4. The number of halogens is 1. The molecule has 0 radical (unpaired) electrons. The summed E-state index contributed by atoms with van der Waals surface area (Å²) in [5, 5.41) is 11.1. The molecule has 1 fully saturated rings. The molecule has 0 unspecified atom stereocenters. The fourth-order valence-corrected chi connectivity index (χ4v) is 3.77. The van der Waals surface area contributed by atoms with Gasteiger partial charge >= 0.3 is 0 Å². The van der Waals surface area contributed by atoms with Crippen molar-refractivity contribution in [3.05, 3.63) is 69.5 Å². The second-order valence-corrected chi connectivity index (χ2v) is 7.75. The fraction of sp³-hybridized carbons (Fsp3) is 0.409. The van der Waals surface area contributed by atoms with E-state index in [9.17, 15) is 19.3 Å². The van der Waals surface area contributed by atoms with E-state index in [1.54, 1.807) is 36.1 Å². The van der Waals surface area contributed by atoms with Gasteiger partial charge in [0.25, 0.3) is 11.6 Å². The molecule has 0 saturated carbocycles. The summed E-state index contributed by atoms with van der Waals surface area (Å²) in [7, 11) is 0. The van der Waals surface area contributed by atoms with Gasteiger partial charge in [0.05, 0.1) is 10.5 Å². The number of carbonyl (C=O) groups excluding carboxylic acids is 1. The van der Waals surface area contributed by atoms with Gasteiger partial charge in [-0.1, -0.05) is 18.2 Å². The molecule has 3 rings (SSSR count). The van der Waals surface area contributed by atoms with Crippen molar-refractivity contribution < 1.29 is 18.8 Å². The first-order valence-corrected chi connectivity index (χ1v) is 9.91. The predicted molar refractivity (Wildman–Crippen MR) is 111 cm³/mol. The van der Waals surface area contributed by atoms with Crippen LogP contribution in [0.15, 0.2) is 42.5 Å². The molecular formula is C22H26FN3O4. The molecule has 1 aliphatic rings. The van der Waals surface area contributed by atoms with Crippen molar-refractivity contribution in [3.8, 4) is 5.75 Å². The average molecular weight is 415 g/mol. The Morgan fingerprint density at radius 2 is 1.87 bits per heavy atom. The molecule has 0 aliphatic carbocycles. The van der Waals surface area contributed by atoms with Gasteiger partial charge in [0.2, 0.25) is 0 Å². The van der Waals surface area contributed by atoms with Crippen molar-refractivity contribution in [3.63, 3.8) is 0 Å². The van der Waals surface area contributed by atoms with Crippen LogP contribution in [0.25, 0.3) is 0 Å². The van der Waals surface area contributed by atoms with Gasteiger partial charge in [-0.25, -0.2) is 4.39 Å². The van der Waals surface area contributed by atoms with Crippen LogP contribution in [0.4, 0.5) is 10.1 Å². The van der Waals surface area contributed by atoms with Crippen LogP contribution in [0.3, 0.4) is 0 Å². The van der Waals surface area contributed by atoms with Crippen molar-refractivity contribution in [1.82, 2.24) is 9.80 Å². The van der Waals surface area contributed by atoms with Crippen LogP contribution in [0, 0.1) is 22.9 Å². The SMILES string of the molecule is Cc1c(OCC(=O)N2C[C@@H](C)N(Cc3ccc(F)cc3)C[C@@H]2C)cccc1[N+](=O)[O-]. The maximum atomic E-state index is 13.1. The number of nitro benzene ring substituents is 1. The molecular weight excluding hydrogens is 389 g/mol. The van der Waals surface area contributed by atoms with Crippen LogP contribution in [-0.4, -0.2) is 52.4 Å². The molecule has 7 nitrogen and oxygen atoms in total. The van der Waals surface area contributed by atoms with Gasteiger partial charge in [-0.05, 0) is 44.5 Å². The third-order valence-electron chi connectivity index (χ3n) is 5.54. The van der Waals surface area contributed by atoms with Gasteiger partial charge in [-0.3, -0.25) is 19.8 Å². The highest BCUT2D eigenvalue weighted by Crippen LogP contribution is 2.27. The van der Waals surface area contributed by atoms with Crippen LogP contribution < -0.4 is 4.74 Å². The van der Waals surface area contributed by atoms with Gasteiger partial charge in [0.15, 0.2) is 6.61 Å². The Hall–Kier alpha value is -3.00. The lowest BCUT2D eigenvalue weighted by molar-refractivity contribution is -0.385. The molecule has 1 amide bonds. The minimum absolute atomic E-state index is 0.0102. The number of amides is 1. The highest BCUT2D eigenvalue weighted by molar-refractivity contribution is 5.78. The zero-order valence-electron chi connectivity index (χ0n) is 17.4. The largest absolute Gasteiger partial charge is 0.483 e. The van der Waals surface area contributed by atoms with Crippen molar-refractivity contribution >= 4 is 11.6 Å². The van der Waals surface area contributed by atoms with Gasteiger partial charge in [-0.15, -0.1) is 0 Å². The minimum Gasteiger partial charge on any atom is -0.483 e. The van der Waals surface area contributed by atoms with Crippen LogP contribution >= 0.6 is 0 Å². The first kappa shape index (κ1) is 21.7. The number of hydrogen-bond acceptors (Lipinski definition) is 5.